The summed E-state index contributed by atoms with van der Waals surface area (Å²) in [6.07, 6.45) is 7.14. The lowest BCUT2D eigenvalue weighted by Gasteiger charge is -1.84. The van der Waals surface area contributed by atoms with Gasteiger partial charge in [0.05, 0.1) is 5.57 Å². The van der Waals surface area contributed by atoms with Crippen molar-refractivity contribution in [3.8, 4) is 18.2 Å². The third kappa shape index (κ3) is 9.70. The molecule has 2 aromatic carbocycles. The van der Waals surface area contributed by atoms with Gasteiger partial charge < -0.3 is 5.41 Å². The van der Waals surface area contributed by atoms with Crippen LogP contribution >= 0.6 is 0 Å². The van der Waals surface area contributed by atoms with E-state index in [0.717, 1.165) is 0 Å². The molecule has 134 valence electrons. The fraction of sp³-hybridized carbons (Fsp3) is 0. The zero-order chi connectivity index (χ0) is 20.5. The zero-order valence-corrected chi connectivity index (χ0v) is 17.0. The maximum absolute atomic E-state index is 8.36. The first-order valence-electron chi connectivity index (χ1n) is 8.00. The molecule has 0 saturated carbocycles. The van der Waals surface area contributed by atoms with E-state index in [2.05, 4.69) is 60.7 Å². The van der Waals surface area contributed by atoms with E-state index in [9.17, 15) is 0 Å². The molecule has 0 aliphatic heterocycles. The van der Waals surface area contributed by atoms with E-state index in [1.54, 1.807) is 24.1 Å². The Morgan fingerprint density at radius 3 is 1.71 bits per heavy atom. The normalized spacial score (nSPS) is 9.18. The molecule has 0 N–H and O–H groups in total. The Hall–Kier alpha value is -3.69. The zero-order valence-electron chi connectivity index (χ0n) is 14.8. The highest BCUT2D eigenvalue weighted by molar-refractivity contribution is 5.69. The quantitative estimate of drug-likeness (QED) is 0.285. The van der Waals surface area contributed by atoms with Gasteiger partial charge in [0.1, 0.15) is 23.8 Å². The molecule has 0 atom stereocenters. The van der Waals surface area contributed by atoms with Crippen LogP contribution in [-0.2, 0) is 0 Å². The summed E-state index contributed by atoms with van der Waals surface area (Å²) in [6, 6.07) is 26.5. The molecule has 4 nitrogen and oxygen atoms in total. The Balaban J connectivity index is 0.000000281. The standard InChI is InChI=1S/C12H10I.C11H5N4/c1-3-7-11(8-4-1)13-12-9-5-2-6-10-12;12-6-10(7-13)4-2-1-3-5-11(8-14)9-15/h1-10H;1-5H/q+1;-1/b;2-1+,5-3+. The molecule has 5 heteroatoms. The molecule has 2 rings (SSSR count). The van der Waals surface area contributed by atoms with Crippen LogP contribution in [-0.4, -0.2) is 5.87 Å². The van der Waals surface area contributed by atoms with Crippen molar-refractivity contribution in [2.45, 2.75) is 0 Å². The fourth-order valence-corrected chi connectivity index (χ4v) is 3.92. The Morgan fingerprint density at radius 1 is 0.750 bits per heavy atom. The lowest BCUT2D eigenvalue weighted by molar-refractivity contribution is -0.597. The minimum Gasteiger partial charge on any atom is -0.762 e. The summed E-state index contributed by atoms with van der Waals surface area (Å²) in [4.78, 5) is 0. The average molecular weight is 474 g/mol. The molecule has 28 heavy (non-hydrogen) atoms. The van der Waals surface area contributed by atoms with Crippen molar-refractivity contribution in [3.63, 3.8) is 0 Å². The monoisotopic (exact) mass is 474 g/mol. The van der Waals surface area contributed by atoms with Crippen molar-refractivity contribution in [2.24, 2.45) is 0 Å². The molecule has 0 radical (unpaired) electrons. The molecule has 0 bridgehead atoms. The van der Waals surface area contributed by atoms with Crippen molar-refractivity contribution in [3.05, 3.63) is 115 Å². The van der Waals surface area contributed by atoms with Gasteiger partial charge in [-0.1, -0.05) is 54.6 Å². The van der Waals surface area contributed by atoms with Gasteiger partial charge in [-0.25, -0.2) is 0 Å². The molecule has 0 amide bonds. The highest BCUT2D eigenvalue weighted by Gasteiger charge is 2.12. The third-order valence-electron chi connectivity index (χ3n) is 2.91. The summed E-state index contributed by atoms with van der Waals surface area (Å²) in [5, 5.41) is 33.5. The number of hydrogen-bond acceptors (Lipinski definition) is 3. The molecule has 0 aliphatic rings. The predicted molar refractivity (Wildman–Crippen MR) is 105 cm³/mol. The summed E-state index contributed by atoms with van der Waals surface area (Å²) >= 11 is 0.0287. The van der Waals surface area contributed by atoms with Gasteiger partial charge in [0.2, 0.25) is 0 Å². The highest BCUT2D eigenvalue weighted by Crippen LogP contribution is 1.92. The van der Waals surface area contributed by atoms with Crippen LogP contribution in [0.3, 0.4) is 0 Å². The number of nitrogens with zero attached hydrogens (tertiary/aromatic N) is 4. The van der Waals surface area contributed by atoms with Crippen LogP contribution in [0.2, 0.25) is 0 Å². The van der Waals surface area contributed by atoms with Crippen LogP contribution in [0, 0.1) is 41.1 Å². The SMILES string of the molecule is N#CC(=C=[N-])/C=C/C=C/C=C(C#N)C#N.c1ccc([I+]c2ccccc2)cc1. The number of rotatable bonds is 5. The van der Waals surface area contributed by atoms with E-state index in [1.165, 1.54) is 37.5 Å². The highest BCUT2D eigenvalue weighted by atomic mass is 127. The minimum absolute atomic E-state index is 0.00980. The van der Waals surface area contributed by atoms with Crippen molar-refractivity contribution < 1.29 is 21.2 Å². The molecule has 0 spiro atoms. The van der Waals surface area contributed by atoms with E-state index in [0.29, 0.717) is 0 Å². The molecule has 2 aromatic rings. The molecule has 0 unspecified atom stereocenters. The van der Waals surface area contributed by atoms with E-state index in [4.69, 9.17) is 21.2 Å². The molecule has 0 saturated heterocycles. The second-order valence-corrected chi connectivity index (χ2v) is 7.90. The van der Waals surface area contributed by atoms with Gasteiger partial charge >= 0.3 is 21.2 Å². The summed E-state index contributed by atoms with van der Waals surface area (Å²) in [5.41, 5.74) is -0.0196. The smallest absolute Gasteiger partial charge is 0.357 e. The number of allylic oxidation sites excluding steroid dienone is 7. The van der Waals surface area contributed by atoms with Crippen molar-refractivity contribution >= 4 is 5.87 Å². The number of hydrogen-bond donors (Lipinski definition) is 0. The van der Waals surface area contributed by atoms with Crippen LogP contribution in [0.15, 0.2) is 102 Å². The van der Waals surface area contributed by atoms with E-state index >= 15 is 0 Å². The molecule has 0 aliphatic carbocycles. The van der Waals surface area contributed by atoms with E-state index in [1.807, 2.05) is 0 Å². The molecular weight excluding hydrogens is 459 g/mol. The summed E-state index contributed by atoms with van der Waals surface area (Å²) in [7, 11) is 0. The minimum atomic E-state index is -0.00980. The topological polar surface area (TPSA) is 93.7 Å². The van der Waals surface area contributed by atoms with Gasteiger partial charge in [-0.05, 0) is 36.4 Å². The first-order chi connectivity index (χ1) is 13.7. The van der Waals surface area contributed by atoms with Crippen LogP contribution in [0.4, 0.5) is 0 Å². The van der Waals surface area contributed by atoms with Gasteiger partial charge in [-0.2, -0.15) is 15.8 Å². The van der Waals surface area contributed by atoms with Crippen LogP contribution < -0.4 is 21.2 Å². The Morgan fingerprint density at radius 2 is 1.29 bits per heavy atom. The average Bonchev–Trinajstić information content (AvgIpc) is 2.75. The van der Waals surface area contributed by atoms with Gasteiger partial charge in [0.25, 0.3) is 0 Å². The molecule has 0 heterocycles. The Labute approximate surface area is 175 Å². The molecule has 0 fully saturated rings. The predicted octanol–water partition coefficient (Wildman–Crippen LogP) is 1.58. The Bertz CT molecular complexity index is 955. The van der Waals surface area contributed by atoms with E-state index < -0.39 is 0 Å². The van der Waals surface area contributed by atoms with Gasteiger partial charge in [-0.3, -0.25) is 5.87 Å². The maximum atomic E-state index is 8.36. The number of nitriles is 3. The van der Waals surface area contributed by atoms with E-state index in [-0.39, 0.29) is 32.4 Å². The third-order valence-corrected chi connectivity index (χ3v) is 5.60. The largest absolute Gasteiger partial charge is 0.762 e. The van der Waals surface area contributed by atoms with Crippen molar-refractivity contribution in [1.29, 1.82) is 15.8 Å². The Kier molecular flexibility index (Phi) is 11.6. The molecular formula is C23H15IN4. The van der Waals surface area contributed by atoms with Crippen molar-refractivity contribution in [1.82, 2.24) is 0 Å². The van der Waals surface area contributed by atoms with Crippen molar-refractivity contribution in [2.75, 3.05) is 0 Å². The fourth-order valence-electron chi connectivity index (χ4n) is 1.65. The van der Waals surface area contributed by atoms with Gasteiger partial charge in [-0.15, -0.1) is 0 Å². The maximum Gasteiger partial charge on any atom is 0.357 e. The van der Waals surface area contributed by atoms with Crippen LogP contribution in [0.25, 0.3) is 5.41 Å². The summed E-state index contributed by atoms with van der Waals surface area (Å²) in [6.45, 7) is 0. The van der Waals surface area contributed by atoms with Gasteiger partial charge in [0.15, 0.2) is 7.14 Å². The summed E-state index contributed by atoms with van der Waals surface area (Å²) < 4.78 is 2.96. The van der Waals surface area contributed by atoms with Crippen LogP contribution in [0.1, 0.15) is 0 Å². The number of halogens is 1. The second kappa shape index (κ2) is 14.5. The van der Waals surface area contributed by atoms with Gasteiger partial charge in [0, 0.05) is 0 Å². The lowest BCUT2D eigenvalue weighted by Crippen LogP contribution is -3.61. The summed E-state index contributed by atoms with van der Waals surface area (Å²) in [5.74, 6) is 1.69. The first-order valence-corrected chi connectivity index (χ1v) is 10.2. The number of benzene rings is 2. The second-order valence-electron chi connectivity index (χ2n) is 4.87. The molecule has 0 aromatic heterocycles. The first kappa shape index (κ1) is 22.4. The lowest BCUT2D eigenvalue weighted by atomic mass is 10.2. The van der Waals surface area contributed by atoms with Crippen LogP contribution in [0.5, 0.6) is 0 Å².